The fraction of sp³-hybridized carbons (Fsp3) is 0.600. The number of anilines is 2. The molecule has 0 spiro atoms. The Morgan fingerprint density at radius 3 is 3.05 bits per heavy atom. The zero-order valence-electron chi connectivity index (χ0n) is 11.6. The predicted octanol–water partition coefficient (Wildman–Crippen LogP) is 3.25. The number of rotatable bonds is 2. The van der Waals surface area contributed by atoms with E-state index in [4.69, 9.17) is 4.74 Å². The summed E-state index contributed by atoms with van der Waals surface area (Å²) in [5.74, 6) is 0.862. The first-order chi connectivity index (χ1) is 9.22. The Morgan fingerprint density at radius 2 is 2.32 bits per heavy atom. The summed E-state index contributed by atoms with van der Waals surface area (Å²) in [7, 11) is 1.52. The van der Waals surface area contributed by atoms with Crippen LogP contribution in [0.4, 0.5) is 15.8 Å². The maximum atomic E-state index is 13.7. The molecule has 104 valence electrons. The molecule has 0 aromatic heterocycles. The van der Waals surface area contributed by atoms with Crippen molar-refractivity contribution in [2.24, 2.45) is 5.92 Å². The molecular formula is C15H21FN2O. The fourth-order valence-electron chi connectivity index (χ4n) is 3.32. The molecule has 1 aromatic rings. The summed E-state index contributed by atoms with van der Waals surface area (Å²) in [4.78, 5) is 2.42. The summed E-state index contributed by atoms with van der Waals surface area (Å²) in [6.07, 6.45) is 3.71. The Balaban J connectivity index is 1.92. The lowest BCUT2D eigenvalue weighted by atomic mass is 9.87. The minimum absolute atomic E-state index is 0.296. The summed E-state index contributed by atoms with van der Waals surface area (Å²) in [6, 6.07) is 3.91. The van der Waals surface area contributed by atoms with Gasteiger partial charge >= 0.3 is 0 Å². The van der Waals surface area contributed by atoms with E-state index < -0.39 is 0 Å². The first-order valence-corrected chi connectivity index (χ1v) is 7.11. The van der Waals surface area contributed by atoms with Crippen molar-refractivity contribution in [1.29, 1.82) is 0 Å². The molecule has 3 nitrogen and oxygen atoms in total. The zero-order chi connectivity index (χ0) is 13.4. The minimum atomic E-state index is -0.296. The Morgan fingerprint density at radius 1 is 1.47 bits per heavy atom. The van der Waals surface area contributed by atoms with E-state index in [-0.39, 0.29) is 5.82 Å². The van der Waals surface area contributed by atoms with Crippen molar-refractivity contribution in [3.05, 3.63) is 17.9 Å². The molecule has 1 saturated heterocycles. The van der Waals surface area contributed by atoms with Gasteiger partial charge in [0.1, 0.15) is 0 Å². The average molecular weight is 264 g/mol. The number of halogens is 1. The van der Waals surface area contributed by atoms with E-state index >= 15 is 0 Å². The first-order valence-electron chi connectivity index (χ1n) is 7.11. The number of hydrogen-bond donors (Lipinski definition) is 1. The third-order valence-electron chi connectivity index (χ3n) is 4.51. The number of methoxy groups -OCH3 is 1. The van der Waals surface area contributed by atoms with Gasteiger partial charge in [-0.15, -0.1) is 0 Å². The molecule has 0 amide bonds. The van der Waals surface area contributed by atoms with Gasteiger partial charge in [0.05, 0.1) is 18.5 Å². The van der Waals surface area contributed by atoms with Crippen molar-refractivity contribution in [3.8, 4) is 5.75 Å². The number of hydrogen-bond acceptors (Lipinski definition) is 3. The SMILES string of the molecule is CCC1CCN2c3cc(OC)c(F)cc3NCC2C1. The molecule has 2 aliphatic rings. The van der Waals surface area contributed by atoms with Crippen molar-refractivity contribution >= 4 is 11.4 Å². The highest BCUT2D eigenvalue weighted by atomic mass is 19.1. The second-order valence-electron chi connectivity index (χ2n) is 5.53. The van der Waals surface area contributed by atoms with Crippen LogP contribution in [0.25, 0.3) is 0 Å². The smallest absolute Gasteiger partial charge is 0.167 e. The van der Waals surface area contributed by atoms with Crippen LogP contribution in [0.3, 0.4) is 0 Å². The zero-order valence-corrected chi connectivity index (χ0v) is 11.6. The van der Waals surface area contributed by atoms with Crippen molar-refractivity contribution in [1.82, 2.24) is 0 Å². The van der Waals surface area contributed by atoms with E-state index in [1.807, 2.05) is 6.07 Å². The topological polar surface area (TPSA) is 24.5 Å². The molecular weight excluding hydrogens is 243 g/mol. The van der Waals surface area contributed by atoms with E-state index in [2.05, 4.69) is 17.1 Å². The van der Waals surface area contributed by atoms with Gasteiger partial charge in [0, 0.05) is 31.3 Å². The summed E-state index contributed by atoms with van der Waals surface area (Å²) in [5.41, 5.74) is 1.98. The van der Waals surface area contributed by atoms with Gasteiger partial charge in [-0.3, -0.25) is 0 Å². The molecule has 1 fully saturated rings. The number of fused-ring (bicyclic) bond motifs is 3. The van der Waals surface area contributed by atoms with Gasteiger partial charge < -0.3 is 15.0 Å². The standard InChI is InChI=1S/C15H21FN2O/c1-3-10-4-5-18-11(6-10)9-17-13-7-12(16)15(19-2)8-14(13)18/h7-8,10-11,17H,3-6,9H2,1-2H3. The largest absolute Gasteiger partial charge is 0.494 e. The molecule has 4 heteroatoms. The number of piperidine rings is 1. The quantitative estimate of drug-likeness (QED) is 0.887. The van der Waals surface area contributed by atoms with Gasteiger partial charge in [-0.25, -0.2) is 4.39 Å². The summed E-state index contributed by atoms with van der Waals surface area (Å²) in [5, 5.41) is 3.36. The lowest BCUT2D eigenvalue weighted by molar-refractivity contribution is 0.335. The molecule has 3 rings (SSSR count). The van der Waals surface area contributed by atoms with Crippen molar-refractivity contribution in [2.45, 2.75) is 32.2 Å². The maximum Gasteiger partial charge on any atom is 0.167 e. The fourth-order valence-corrected chi connectivity index (χ4v) is 3.32. The van der Waals surface area contributed by atoms with E-state index in [9.17, 15) is 4.39 Å². The highest BCUT2D eigenvalue weighted by Gasteiger charge is 2.32. The maximum absolute atomic E-state index is 13.7. The first kappa shape index (κ1) is 12.6. The van der Waals surface area contributed by atoms with Gasteiger partial charge in [0.2, 0.25) is 0 Å². The van der Waals surface area contributed by atoms with Crippen LogP contribution >= 0.6 is 0 Å². The van der Waals surface area contributed by atoms with Crippen LogP contribution in [-0.2, 0) is 0 Å². The van der Waals surface area contributed by atoms with Crippen LogP contribution in [-0.4, -0.2) is 26.2 Å². The number of ether oxygens (including phenoxy) is 1. The Bertz CT molecular complexity index is 477. The van der Waals surface area contributed by atoms with Crippen LogP contribution in [0.5, 0.6) is 5.75 Å². The third kappa shape index (κ3) is 2.13. The van der Waals surface area contributed by atoms with E-state index in [1.165, 1.54) is 26.4 Å². The average Bonchev–Trinajstić information content (AvgIpc) is 2.45. The van der Waals surface area contributed by atoms with Crippen LogP contribution in [0.15, 0.2) is 12.1 Å². The lowest BCUT2D eigenvalue weighted by Crippen LogP contribution is -2.49. The highest BCUT2D eigenvalue weighted by Crippen LogP contribution is 2.40. The van der Waals surface area contributed by atoms with Crippen LogP contribution in [0.1, 0.15) is 26.2 Å². The molecule has 0 saturated carbocycles. The molecule has 2 unspecified atom stereocenters. The Labute approximate surface area is 113 Å². The van der Waals surface area contributed by atoms with Crippen molar-refractivity contribution in [2.75, 3.05) is 30.4 Å². The van der Waals surface area contributed by atoms with Crippen LogP contribution in [0, 0.1) is 11.7 Å². The number of benzene rings is 1. The van der Waals surface area contributed by atoms with Gasteiger partial charge in [-0.05, 0) is 18.8 Å². The molecule has 2 atom stereocenters. The van der Waals surface area contributed by atoms with Crippen molar-refractivity contribution in [3.63, 3.8) is 0 Å². The Hall–Kier alpha value is -1.45. The third-order valence-corrected chi connectivity index (χ3v) is 4.51. The van der Waals surface area contributed by atoms with E-state index in [0.29, 0.717) is 11.8 Å². The molecule has 2 heterocycles. The van der Waals surface area contributed by atoms with E-state index in [1.54, 1.807) is 6.07 Å². The molecule has 0 radical (unpaired) electrons. The van der Waals surface area contributed by atoms with Gasteiger partial charge in [0.25, 0.3) is 0 Å². The molecule has 1 aromatic carbocycles. The monoisotopic (exact) mass is 264 g/mol. The van der Waals surface area contributed by atoms with Crippen molar-refractivity contribution < 1.29 is 9.13 Å². The summed E-state index contributed by atoms with van der Waals surface area (Å²) in [6.45, 7) is 4.24. The van der Waals surface area contributed by atoms with E-state index in [0.717, 1.165) is 30.4 Å². The summed E-state index contributed by atoms with van der Waals surface area (Å²) >= 11 is 0. The Kier molecular flexibility index (Phi) is 3.25. The van der Waals surface area contributed by atoms with Gasteiger partial charge in [0.15, 0.2) is 11.6 Å². The second kappa shape index (κ2) is 4.91. The van der Waals surface area contributed by atoms with Crippen LogP contribution < -0.4 is 15.0 Å². The molecule has 19 heavy (non-hydrogen) atoms. The molecule has 2 aliphatic heterocycles. The van der Waals surface area contributed by atoms with Crippen LogP contribution in [0.2, 0.25) is 0 Å². The molecule has 0 aliphatic carbocycles. The normalized spacial score (nSPS) is 25.3. The molecule has 1 N–H and O–H groups in total. The second-order valence-corrected chi connectivity index (χ2v) is 5.53. The lowest BCUT2D eigenvalue weighted by Gasteiger charge is -2.45. The summed E-state index contributed by atoms with van der Waals surface area (Å²) < 4.78 is 18.8. The highest BCUT2D eigenvalue weighted by molar-refractivity contribution is 5.75. The number of nitrogens with zero attached hydrogens (tertiary/aromatic N) is 1. The van der Waals surface area contributed by atoms with Gasteiger partial charge in [-0.2, -0.15) is 0 Å². The molecule has 0 bridgehead atoms. The number of nitrogens with one attached hydrogen (secondary N) is 1. The van der Waals surface area contributed by atoms with Gasteiger partial charge in [-0.1, -0.05) is 13.3 Å². The predicted molar refractivity (Wildman–Crippen MR) is 75.6 cm³/mol. The minimum Gasteiger partial charge on any atom is -0.494 e.